The van der Waals surface area contributed by atoms with Gasteiger partial charge in [0.2, 0.25) is 0 Å². The van der Waals surface area contributed by atoms with Crippen molar-refractivity contribution in [2.45, 2.75) is 36.7 Å². The lowest BCUT2D eigenvalue weighted by Gasteiger charge is -2.26. The minimum atomic E-state index is -1.00. The zero-order valence-electron chi connectivity index (χ0n) is 10.1. The van der Waals surface area contributed by atoms with Crippen LogP contribution in [-0.4, -0.2) is 9.46 Å². The predicted molar refractivity (Wildman–Crippen MR) is 74.7 cm³/mol. The molecule has 4 heteroatoms. The molecule has 96 valence electrons. The molecule has 1 aliphatic rings. The van der Waals surface area contributed by atoms with Crippen LogP contribution in [0, 0.1) is 17.2 Å². The fourth-order valence-electron chi connectivity index (χ4n) is 2.43. The zero-order valence-corrected chi connectivity index (χ0v) is 11.7. The van der Waals surface area contributed by atoms with Crippen molar-refractivity contribution >= 4 is 22.4 Å². The molecule has 1 saturated carbocycles. The minimum Gasteiger partial charge on any atom is -0.259 e. The number of nitriles is 1. The average Bonchev–Trinajstić information content (AvgIpc) is 2.41. The Morgan fingerprint density at radius 1 is 1.33 bits per heavy atom. The first-order valence-electron chi connectivity index (χ1n) is 6.22. The van der Waals surface area contributed by atoms with Gasteiger partial charge in [-0.25, -0.2) is 0 Å². The van der Waals surface area contributed by atoms with Gasteiger partial charge in [-0.15, -0.1) is 0 Å². The number of rotatable bonds is 3. The summed E-state index contributed by atoms with van der Waals surface area (Å²) in [5.74, 6) is 0.407. The first-order valence-corrected chi connectivity index (χ1v) is 7.98. The van der Waals surface area contributed by atoms with Crippen LogP contribution in [0.4, 0.5) is 0 Å². The SMILES string of the molecule is N#CC1CCCCC1S(=O)Cc1ccccc1Cl. The number of hydrogen-bond donors (Lipinski definition) is 0. The van der Waals surface area contributed by atoms with E-state index in [1.54, 1.807) is 0 Å². The highest BCUT2D eigenvalue weighted by Crippen LogP contribution is 2.29. The molecule has 0 spiro atoms. The summed E-state index contributed by atoms with van der Waals surface area (Å²) >= 11 is 6.08. The Bertz CT molecular complexity index is 483. The van der Waals surface area contributed by atoms with E-state index in [0.29, 0.717) is 10.8 Å². The maximum atomic E-state index is 12.4. The summed E-state index contributed by atoms with van der Waals surface area (Å²) in [5, 5.41) is 9.80. The van der Waals surface area contributed by atoms with Crippen LogP contribution >= 0.6 is 11.6 Å². The third-order valence-corrected chi connectivity index (χ3v) is 5.67. The van der Waals surface area contributed by atoms with E-state index in [4.69, 9.17) is 16.9 Å². The lowest BCUT2D eigenvalue weighted by molar-refractivity contribution is 0.431. The second kappa shape index (κ2) is 6.36. The highest BCUT2D eigenvalue weighted by atomic mass is 35.5. The molecule has 0 aromatic heterocycles. The van der Waals surface area contributed by atoms with Crippen molar-refractivity contribution in [1.82, 2.24) is 0 Å². The molecular weight excluding hydrogens is 266 g/mol. The monoisotopic (exact) mass is 281 g/mol. The maximum Gasteiger partial charge on any atom is 0.0668 e. The van der Waals surface area contributed by atoms with Crippen LogP contribution in [0.3, 0.4) is 0 Å². The van der Waals surface area contributed by atoms with Crippen LogP contribution in [0.1, 0.15) is 31.2 Å². The molecule has 1 aliphatic carbocycles. The molecule has 0 amide bonds. The summed E-state index contributed by atoms with van der Waals surface area (Å²) in [4.78, 5) is 0. The standard InChI is InChI=1S/C14H16ClNOS/c15-13-7-3-1-6-12(13)10-18(17)14-8-4-2-5-11(14)9-16/h1,3,6-7,11,14H,2,4-5,8,10H2. The van der Waals surface area contributed by atoms with Gasteiger partial charge in [-0.3, -0.25) is 4.21 Å². The Hall–Kier alpha value is -0.850. The highest BCUT2D eigenvalue weighted by Gasteiger charge is 2.29. The number of halogens is 1. The first kappa shape index (κ1) is 13.6. The first-order chi connectivity index (χ1) is 8.72. The normalized spacial score (nSPS) is 25.3. The Morgan fingerprint density at radius 2 is 2.06 bits per heavy atom. The zero-order chi connectivity index (χ0) is 13.0. The second-order valence-corrected chi connectivity index (χ2v) is 6.74. The van der Waals surface area contributed by atoms with E-state index < -0.39 is 10.8 Å². The second-order valence-electron chi connectivity index (χ2n) is 4.67. The van der Waals surface area contributed by atoms with Gasteiger partial charge in [0.25, 0.3) is 0 Å². The van der Waals surface area contributed by atoms with Gasteiger partial charge in [-0.05, 0) is 24.5 Å². The summed E-state index contributed by atoms with van der Waals surface area (Å²) in [7, 11) is -1.00. The van der Waals surface area contributed by atoms with Gasteiger partial charge in [0.1, 0.15) is 0 Å². The number of nitrogens with zero attached hydrogens (tertiary/aromatic N) is 1. The van der Waals surface area contributed by atoms with Crippen molar-refractivity contribution in [3.63, 3.8) is 0 Å². The highest BCUT2D eigenvalue weighted by molar-refractivity contribution is 7.84. The van der Waals surface area contributed by atoms with E-state index in [9.17, 15) is 4.21 Å². The van der Waals surface area contributed by atoms with Crippen LogP contribution in [0.25, 0.3) is 0 Å². The molecule has 1 aromatic rings. The van der Waals surface area contributed by atoms with Crippen molar-refractivity contribution in [3.8, 4) is 6.07 Å². The van der Waals surface area contributed by atoms with Crippen molar-refractivity contribution in [3.05, 3.63) is 34.9 Å². The van der Waals surface area contributed by atoms with E-state index in [1.807, 2.05) is 24.3 Å². The van der Waals surface area contributed by atoms with E-state index in [1.165, 1.54) is 0 Å². The van der Waals surface area contributed by atoms with Gasteiger partial charge in [-0.1, -0.05) is 42.6 Å². The van der Waals surface area contributed by atoms with Crippen LogP contribution in [0.5, 0.6) is 0 Å². The molecule has 2 nitrogen and oxygen atoms in total. The smallest absolute Gasteiger partial charge is 0.0668 e. The fourth-order valence-corrected chi connectivity index (χ4v) is 4.48. The molecule has 0 bridgehead atoms. The van der Waals surface area contributed by atoms with Gasteiger partial charge >= 0.3 is 0 Å². The summed E-state index contributed by atoms with van der Waals surface area (Å²) in [6.07, 6.45) is 3.94. The Balaban J connectivity index is 2.08. The quantitative estimate of drug-likeness (QED) is 0.848. The van der Waals surface area contributed by atoms with Crippen molar-refractivity contribution in [2.24, 2.45) is 5.92 Å². The molecule has 1 fully saturated rings. The predicted octanol–water partition coefficient (Wildman–Crippen LogP) is 3.67. The molecule has 2 rings (SSSR count). The topological polar surface area (TPSA) is 40.9 Å². The summed E-state index contributed by atoms with van der Waals surface area (Å²) in [5.41, 5.74) is 0.916. The lowest BCUT2D eigenvalue weighted by atomic mass is 9.90. The Kier molecular flexibility index (Phi) is 4.79. The molecule has 0 heterocycles. The number of hydrogen-bond acceptors (Lipinski definition) is 2. The van der Waals surface area contributed by atoms with E-state index >= 15 is 0 Å². The van der Waals surface area contributed by atoms with Crippen LogP contribution in [0.2, 0.25) is 5.02 Å². The lowest BCUT2D eigenvalue weighted by Crippen LogP contribution is -2.29. The van der Waals surface area contributed by atoms with Crippen molar-refractivity contribution in [1.29, 1.82) is 5.26 Å². The largest absolute Gasteiger partial charge is 0.259 e. The molecule has 1 aromatic carbocycles. The minimum absolute atomic E-state index is 0.0139. The Labute approximate surface area is 115 Å². The molecule has 0 saturated heterocycles. The van der Waals surface area contributed by atoms with Gasteiger partial charge in [0.15, 0.2) is 0 Å². The Morgan fingerprint density at radius 3 is 2.78 bits per heavy atom. The third-order valence-electron chi connectivity index (χ3n) is 3.46. The molecule has 0 N–H and O–H groups in total. The summed E-state index contributed by atoms with van der Waals surface area (Å²) in [6, 6.07) is 9.80. The van der Waals surface area contributed by atoms with E-state index in [-0.39, 0.29) is 11.2 Å². The fraction of sp³-hybridized carbons (Fsp3) is 0.500. The molecule has 0 radical (unpaired) electrons. The molecule has 0 aliphatic heterocycles. The van der Waals surface area contributed by atoms with Crippen molar-refractivity contribution in [2.75, 3.05) is 0 Å². The van der Waals surface area contributed by atoms with Gasteiger partial charge in [0.05, 0.1) is 23.0 Å². The van der Waals surface area contributed by atoms with Gasteiger partial charge in [-0.2, -0.15) is 5.26 Å². The van der Waals surface area contributed by atoms with Crippen LogP contribution < -0.4 is 0 Å². The summed E-state index contributed by atoms with van der Waals surface area (Å²) in [6.45, 7) is 0. The van der Waals surface area contributed by atoms with Crippen LogP contribution in [-0.2, 0) is 16.6 Å². The maximum absolute atomic E-state index is 12.4. The van der Waals surface area contributed by atoms with E-state index in [2.05, 4.69) is 6.07 Å². The van der Waals surface area contributed by atoms with E-state index in [0.717, 1.165) is 31.2 Å². The number of benzene rings is 1. The van der Waals surface area contributed by atoms with Crippen LogP contribution in [0.15, 0.2) is 24.3 Å². The third kappa shape index (κ3) is 3.13. The van der Waals surface area contributed by atoms with Gasteiger partial charge < -0.3 is 0 Å². The molecule has 3 atom stereocenters. The summed E-state index contributed by atoms with van der Waals surface area (Å²) < 4.78 is 12.4. The molecule has 3 unspecified atom stereocenters. The average molecular weight is 282 g/mol. The molecular formula is C14H16ClNOS. The van der Waals surface area contributed by atoms with Gasteiger partial charge in [0, 0.05) is 15.8 Å². The van der Waals surface area contributed by atoms with Crippen molar-refractivity contribution < 1.29 is 4.21 Å². The molecule has 18 heavy (non-hydrogen) atoms.